The minimum Gasteiger partial charge on any atom is -0.511 e. The zero-order chi connectivity index (χ0) is 33.6. The van der Waals surface area contributed by atoms with Gasteiger partial charge in [-0.2, -0.15) is 0 Å². The number of aliphatic hydroxyl groups is 3. The van der Waals surface area contributed by atoms with Crippen LogP contribution in [0.2, 0.25) is 0 Å². The van der Waals surface area contributed by atoms with Crippen molar-refractivity contribution in [3.05, 3.63) is 75.8 Å². The summed E-state index contributed by atoms with van der Waals surface area (Å²) in [5, 5.41) is 46.3. The van der Waals surface area contributed by atoms with Gasteiger partial charge in [-0.3, -0.25) is 19.2 Å². The highest BCUT2D eigenvalue weighted by atomic mass is 16.3. The fraction of sp³-hybridized carbons (Fsp3) is 0.459. The lowest BCUT2D eigenvalue weighted by molar-refractivity contribution is -0.171. The van der Waals surface area contributed by atoms with Gasteiger partial charge in [0.15, 0.2) is 17.2 Å². The number of allylic oxidation sites excluding steroid dienone is 2. The fourth-order valence-corrected chi connectivity index (χ4v) is 8.26. The fourth-order valence-electron chi connectivity index (χ4n) is 8.26. The summed E-state index contributed by atoms with van der Waals surface area (Å²) < 4.78 is 0. The first-order chi connectivity index (χ1) is 20.7. The minimum absolute atomic E-state index is 0.0217. The van der Waals surface area contributed by atoms with Crippen LogP contribution in [0.3, 0.4) is 0 Å². The van der Waals surface area contributed by atoms with Crippen LogP contribution in [0.4, 0.5) is 0 Å². The molecule has 0 fully saturated rings. The molecule has 0 radical (unpaired) electrons. The van der Waals surface area contributed by atoms with Gasteiger partial charge in [-0.1, -0.05) is 78.8 Å². The van der Waals surface area contributed by atoms with Gasteiger partial charge in [0.25, 0.3) is 0 Å². The summed E-state index contributed by atoms with van der Waals surface area (Å²) >= 11 is 0. The topological polar surface area (TPSA) is 149 Å². The van der Waals surface area contributed by atoms with Gasteiger partial charge in [0, 0.05) is 34.2 Å². The molecule has 0 amide bonds. The Kier molecular flexibility index (Phi) is 7.36. The van der Waals surface area contributed by atoms with E-state index in [0.29, 0.717) is 11.1 Å². The largest absolute Gasteiger partial charge is 0.511 e. The molecule has 1 unspecified atom stereocenters. The lowest BCUT2D eigenvalue weighted by Gasteiger charge is -2.59. The normalized spacial score (nSPS) is 28.2. The molecule has 45 heavy (non-hydrogen) atoms. The van der Waals surface area contributed by atoms with E-state index in [2.05, 4.69) is 0 Å². The van der Waals surface area contributed by atoms with Crippen LogP contribution in [-0.2, 0) is 27.2 Å². The average molecular weight is 615 g/mol. The molecule has 3 aliphatic rings. The number of hydrogen-bond donors (Lipinski definition) is 4. The van der Waals surface area contributed by atoms with E-state index in [0.717, 1.165) is 18.1 Å². The molecule has 0 saturated heterocycles. The van der Waals surface area contributed by atoms with Gasteiger partial charge in [-0.25, -0.2) is 0 Å². The molecule has 8 nitrogen and oxygen atoms in total. The van der Waals surface area contributed by atoms with E-state index in [-0.39, 0.29) is 47.8 Å². The van der Waals surface area contributed by atoms with Crippen LogP contribution >= 0.6 is 0 Å². The van der Waals surface area contributed by atoms with Crippen molar-refractivity contribution < 1.29 is 39.6 Å². The van der Waals surface area contributed by atoms with E-state index < -0.39 is 62.2 Å². The van der Waals surface area contributed by atoms with Crippen molar-refractivity contribution >= 4 is 23.1 Å². The monoisotopic (exact) mass is 614 g/mol. The standard InChI is InChI=1S/C37H42O8/c1-18(2)28-30(41)26(19(3)38)32(43)37(45)33(44)29-31(42)27-23(16-35(29,7)17-36(28,37)8)22(13-14-24(27)39)21-11-9-20(10-12-21)15-25(40)34(4,5)6/h9-14,18,28,39,41,44-45H,15-17H2,1-8H3/t28?,35-,36-,37+/m1/s1. The van der Waals surface area contributed by atoms with Crippen LogP contribution in [0, 0.1) is 28.1 Å². The summed E-state index contributed by atoms with van der Waals surface area (Å²) in [5.74, 6) is -5.28. The van der Waals surface area contributed by atoms with E-state index in [1.54, 1.807) is 33.8 Å². The maximum atomic E-state index is 14.3. The van der Waals surface area contributed by atoms with E-state index in [4.69, 9.17) is 0 Å². The summed E-state index contributed by atoms with van der Waals surface area (Å²) in [5.41, 5.74) is -3.64. The van der Waals surface area contributed by atoms with Crippen molar-refractivity contribution in [2.24, 2.45) is 28.1 Å². The van der Waals surface area contributed by atoms with Gasteiger partial charge < -0.3 is 20.4 Å². The van der Waals surface area contributed by atoms with Crippen LogP contribution in [0.25, 0.3) is 11.1 Å². The molecule has 0 saturated carbocycles. The number of Topliss-reactive ketones (excluding diaryl/α,β-unsaturated/α-hetero) is 4. The molecule has 238 valence electrons. The second-order valence-corrected chi connectivity index (χ2v) is 15.0. The van der Waals surface area contributed by atoms with Gasteiger partial charge in [0.05, 0.1) is 5.56 Å². The number of rotatable bonds is 5. The Bertz CT molecular complexity index is 1730. The van der Waals surface area contributed by atoms with Crippen molar-refractivity contribution in [3.8, 4) is 16.9 Å². The Balaban J connectivity index is 1.68. The molecule has 0 aromatic heterocycles. The SMILES string of the molecule is CC(=O)C1=C(O)C(C(C)C)[C@@]2(C)C[C@@]3(C)Cc4c(-c5ccc(CC(=O)C(C)(C)C)cc5)ccc(O)c4C(=O)C3=C(O)[C@@]2(O)C1=O. The van der Waals surface area contributed by atoms with Gasteiger partial charge in [0.2, 0.25) is 5.78 Å². The minimum atomic E-state index is -2.65. The van der Waals surface area contributed by atoms with Crippen molar-refractivity contribution in [1.82, 2.24) is 0 Å². The number of aromatic hydroxyl groups is 1. The second-order valence-electron chi connectivity index (χ2n) is 15.0. The maximum Gasteiger partial charge on any atom is 0.209 e. The number of carbonyl (C=O) groups excluding carboxylic acids is 4. The number of phenols is 1. The average Bonchev–Trinajstić information content (AvgIpc) is 2.90. The Morgan fingerprint density at radius 1 is 0.978 bits per heavy atom. The second kappa shape index (κ2) is 10.2. The van der Waals surface area contributed by atoms with Crippen molar-refractivity contribution in [3.63, 3.8) is 0 Å². The number of ketones is 4. The van der Waals surface area contributed by atoms with Crippen LogP contribution in [0.5, 0.6) is 5.75 Å². The van der Waals surface area contributed by atoms with Crippen molar-refractivity contribution in [1.29, 1.82) is 0 Å². The van der Waals surface area contributed by atoms with E-state index in [1.165, 1.54) is 6.07 Å². The molecule has 2 aromatic carbocycles. The predicted octanol–water partition coefficient (Wildman–Crippen LogP) is 6.17. The van der Waals surface area contributed by atoms with Gasteiger partial charge in [-0.05, 0) is 54.0 Å². The Labute approximate surface area is 263 Å². The molecule has 5 rings (SSSR count). The first kappa shape index (κ1) is 32.4. The lowest BCUT2D eigenvalue weighted by atomic mass is 9.44. The highest BCUT2D eigenvalue weighted by Gasteiger charge is 2.71. The summed E-state index contributed by atoms with van der Waals surface area (Å²) in [4.78, 5) is 53.3. The highest BCUT2D eigenvalue weighted by molar-refractivity contribution is 6.25. The third-order valence-electron chi connectivity index (χ3n) is 10.4. The molecular weight excluding hydrogens is 572 g/mol. The Morgan fingerprint density at radius 3 is 2.11 bits per heavy atom. The Morgan fingerprint density at radius 2 is 1.58 bits per heavy atom. The van der Waals surface area contributed by atoms with Crippen molar-refractivity contribution in [2.75, 3.05) is 0 Å². The van der Waals surface area contributed by atoms with E-state index >= 15 is 0 Å². The zero-order valence-corrected chi connectivity index (χ0v) is 27.2. The van der Waals surface area contributed by atoms with Crippen LogP contribution in [0.1, 0.15) is 83.3 Å². The quantitative estimate of drug-likeness (QED) is 0.292. The number of carbonyl (C=O) groups is 4. The molecule has 0 bridgehead atoms. The van der Waals surface area contributed by atoms with Gasteiger partial charge in [0.1, 0.15) is 28.6 Å². The molecule has 0 spiro atoms. The third kappa shape index (κ3) is 4.51. The summed E-state index contributed by atoms with van der Waals surface area (Å²) in [7, 11) is 0. The number of benzene rings is 2. The van der Waals surface area contributed by atoms with Crippen LogP contribution in [0.15, 0.2) is 59.1 Å². The molecule has 2 aromatic rings. The van der Waals surface area contributed by atoms with Crippen LogP contribution < -0.4 is 0 Å². The lowest BCUT2D eigenvalue weighted by Crippen LogP contribution is -2.67. The first-order valence-corrected chi connectivity index (χ1v) is 15.4. The molecule has 0 aliphatic heterocycles. The number of fused-ring (bicyclic) bond motifs is 3. The van der Waals surface area contributed by atoms with E-state index in [9.17, 15) is 39.6 Å². The molecule has 3 aliphatic carbocycles. The zero-order valence-electron chi connectivity index (χ0n) is 27.2. The van der Waals surface area contributed by atoms with Gasteiger partial charge in [-0.15, -0.1) is 0 Å². The summed E-state index contributed by atoms with van der Waals surface area (Å²) in [6.07, 6.45) is 0.481. The maximum absolute atomic E-state index is 14.3. The number of hydrogen-bond acceptors (Lipinski definition) is 8. The number of aliphatic hydroxyl groups excluding tert-OH is 2. The molecular formula is C37H42O8. The molecule has 4 N–H and O–H groups in total. The highest BCUT2D eigenvalue weighted by Crippen LogP contribution is 2.65. The van der Waals surface area contributed by atoms with Gasteiger partial charge >= 0.3 is 0 Å². The predicted molar refractivity (Wildman–Crippen MR) is 169 cm³/mol. The Hall–Kier alpha value is -4.04. The molecule has 4 atom stereocenters. The summed E-state index contributed by atoms with van der Waals surface area (Å²) in [6, 6.07) is 10.6. The van der Waals surface area contributed by atoms with E-state index in [1.807, 2.05) is 45.0 Å². The molecule has 0 heterocycles. The first-order valence-electron chi connectivity index (χ1n) is 15.4. The summed E-state index contributed by atoms with van der Waals surface area (Å²) in [6.45, 7) is 13.7. The van der Waals surface area contributed by atoms with Crippen LogP contribution in [-0.4, -0.2) is 49.2 Å². The molecule has 8 heteroatoms. The number of phenolic OH excluding ortho intramolecular Hbond substituents is 1. The smallest absolute Gasteiger partial charge is 0.209 e. The third-order valence-corrected chi connectivity index (χ3v) is 10.4. The van der Waals surface area contributed by atoms with Crippen molar-refractivity contribution in [2.45, 2.75) is 80.3 Å².